The van der Waals surface area contributed by atoms with Crippen LogP contribution in [-0.4, -0.2) is 50.5 Å². The van der Waals surface area contributed by atoms with Crippen LogP contribution in [0.3, 0.4) is 0 Å². The number of benzene rings is 2. The van der Waals surface area contributed by atoms with E-state index in [2.05, 4.69) is 15.9 Å². The van der Waals surface area contributed by atoms with Crippen molar-refractivity contribution in [3.8, 4) is 0 Å². The first-order valence-corrected chi connectivity index (χ1v) is 13.3. The summed E-state index contributed by atoms with van der Waals surface area (Å²) in [5.41, 5.74) is -8.55. The molecule has 1 aliphatic heterocycles. The summed E-state index contributed by atoms with van der Waals surface area (Å²) in [6, 6.07) is 7.39. The number of nitrogens with zero attached hydrogens (tertiary/aromatic N) is 1. The maximum atomic E-state index is 14.6. The van der Waals surface area contributed by atoms with Gasteiger partial charge in [-0.25, -0.2) is 17.6 Å². The Bertz CT molecular complexity index is 1270. The van der Waals surface area contributed by atoms with E-state index < -0.39 is 56.4 Å². The third-order valence-electron chi connectivity index (χ3n) is 6.11. The van der Waals surface area contributed by atoms with E-state index in [4.69, 9.17) is 4.74 Å². The van der Waals surface area contributed by atoms with Gasteiger partial charge in [-0.05, 0) is 57.0 Å². The van der Waals surface area contributed by atoms with E-state index in [1.165, 1.54) is 24.3 Å². The highest BCUT2D eigenvalue weighted by Crippen LogP contribution is 2.53. The fourth-order valence-electron chi connectivity index (χ4n) is 4.21. The summed E-state index contributed by atoms with van der Waals surface area (Å²) in [5.74, 6) is 0. The van der Waals surface area contributed by atoms with E-state index in [1.807, 2.05) is 0 Å². The lowest BCUT2D eigenvalue weighted by Crippen LogP contribution is -2.50. The molecule has 0 bridgehead atoms. The van der Waals surface area contributed by atoms with Crippen LogP contribution < -0.4 is 0 Å². The van der Waals surface area contributed by atoms with Gasteiger partial charge in [-0.1, -0.05) is 40.2 Å². The van der Waals surface area contributed by atoms with Crippen LogP contribution in [0, 0.1) is 0 Å². The second kappa shape index (κ2) is 9.68. The van der Waals surface area contributed by atoms with Crippen molar-refractivity contribution >= 4 is 31.9 Å². The first-order valence-electron chi connectivity index (χ1n) is 11.1. The fraction of sp³-hybridized carbons (Fsp3) is 0.458. The minimum Gasteiger partial charge on any atom is -0.444 e. The van der Waals surface area contributed by atoms with Crippen LogP contribution >= 0.6 is 15.9 Å². The zero-order valence-electron chi connectivity index (χ0n) is 20.3. The third kappa shape index (κ3) is 5.25. The Kier molecular flexibility index (Phi) is 7.70. The normalized spacial score (nSPS) is 19.5. The van der Waals surface area contributed by atoms with Gasteiger partial charge in [0, 0.05) is 23.1 Å². The monoisotopic (exact) mass is 633 g/mol. The van der Waals surface area contributed by atoms with Crippen molar-refractivity contribution in [1.82, 2.24) is 4.90 Å². The van der Waals surface area contributed by atoms with E-state index in [0.29, 0.717) is 4.47 Å². The van der Waals surface area contributed by atoms with Gasteiger partial charge in [-0.2, -0.15) is 26.3 Å². The van der Waals surface area contributed by atoms with Gasteiger partial charge in [0.05, 0.1) is 4.90 Å². The predicted octanol–water partition coefficient (Wildman–Crippen LogP) is 7.05. The van der Waals surface area contributed by atoms with Gasteiger partial charge in [0.15, 0.2) is 9.84 Å². The summed E-state index contributed by atoms with van der Waals surface area (Å²) in [7, 11) is -4.39. The molecule has 3 rings (SSSR count). The quantitative estimate of drug-likeness (QED) is 0.339. The number of ether oxygens (including phenoxy) is 1. The maximum absolute atomic E-state index is 14.6. The van der Waals surface area contributed by atoms with Crippen molar-refractivity contribution in [2.45, 2.75) is 60.5 Å². The molecule has 5 nitrogen and oxygen atoms in total. The van der Waals surface area contributed by atoms with Crippen molar-refractivity contribution in [3.63, 3.8) is 0 Å². The van der Waals surface area contributed by atoms with Crippen molar-refractivity contribution in [2.75, 3.05) is 13.1 Å². The van der Waals surface area contributed by atoms with Crippen molar-refractivity contribution in [1.29, 1.82) is 0 Å². The van der Waals surface area contributed by atoms with Gasteiger partial charge in [0.2, 0.25) is 0 Å². The molecule has 1 aliphatic rings. The van der Waals surface area contributed by atoms with Crippen LogP contribution in [0.5, 0.6) is 0 Å². The molecule has 1 saturated heterocycles. The molecule has 1 fully saturated rings. The number of hydrogen-bond acceptors (Lipinski definition) is 4. The number of carbonyl (C=O) groups excluding carboxylic acids is 1. The summed E-state index contributed by atoms with van der Waals surface area (Å²) in [4.78, 5) is 13.6. The molecule has 0 unspecified atom stereocenters. The summed E-state index contributed by atoms with van der Waals surface area (Å²) in [6.45, 7) is 4.14. The molecular formula is C24H23BrF7NO4S. The first-order chi connectivity index (χ1) is 17.2. The van der Waals surface area contributed by atoms with E-state index in [9.17, 15) is 43.9 Å². The van der Waals surface area contributed by atoms with E-state index in [1.54, 1.807) is 20.8 Å². The van der Waals surface area contributed by atoms with E-state index in [-0.39, 0.29) is 35.6 Å². The Balaban J connectivity index is 2.15. The predicted molar refractivity (Wildman–Crippen MR) is 127 cm³/mol. The zero-order valence-corrected chi connectivity index (χ0v) is 22.7. The molecule has 0 radical (unpaired) electrons. The van der Waals surface area contributed by atoms with Gasteiger partial charge in [0.25, 0.3) is 0 Å². The van der Waals surface area contributed by atoms with Crippen LogP contribution in [-0.2, 0) is 25.0 Å². The minimum atomic E-state index is -6.32. The number of sulfone groups is 1. The Morgan fingerprint density at radius 2 is 1.39 bits per heavy atom. The standard InChI is InChI=1S/C24H23BrF7NO4S/c1-20(2,3)37-19(34)33-13-12-21(14-33,38(35,36)18-10-8-17(25)9-11-18)15-4-6-16(7-5-15)22(26,23(27,28)29)24(30,31)32/h4-11H,12-14H2,1-3H3/t21-/m0/s1. The van der Waals surface area contributed by atoms with Crippen LogP contribution in [0.2, 0.25) is 0 Å². The second-order valence-corrected chi connectivity index (χ2v) is 13.0. The lowest BCUT2D eigenvalue weighted by atomic mass is 9.90. The van der Waals surface area contributed by atoms with E-state index >= 15 is 0 Å². The zero-order chi connectivity index (χ0) is 28.9. The molecule has 38 heavy (non-hydrogen) atoms. The Morgan fingerprint density at radius 1 is 0.895 bits per heavy atom. The average molecular weight is 634 g/mol. The SMILES string of the molecule is CC(C)(C)OC(=O)N1CC[C@](c2ccc(C(F)(C(F)(F)F)C(F)(F)F)cc2)(S(=O)(=O)c2ccc(Br)cc2)C1. The van der Waals surface area contributed by atoms with Gasteiger partial charge >= 0.3 is 24.1 Å². The van der Waals surface area contributed by atoms with Crippen molar-refractivity contribution in [3.05, 3.63) is 64.1 Å². The molecule has 1 amide bonds. The number of halogens is 8. The van der Waals surface area contributed by atoms with Crippen molar-refractivity contribution in [2.24, 2.45) is 0 Å². The molecule has 14 heteroatoms. The smallest absolute Gasteiger partial charge is 0.435 e. The van der Waals surface area contributed by atoms with Crippen LogP contribution in [0.4, 0.5) is 35.5 Å². The Morgan fingerprint density at radius 3 is 1.84 bits per heavy atom. The molecule has 1 heterocycles. The molecule has 0 aromatic heterocycles. The number of carbonyl (C=O) groups is 1. The highest BCUT2D eigenvalue weighted by Gasteiger charge is 2.73. The Labute approximate surface area is 223 Å². The molecule has 1 atom stereocenters. The average Bonchev–Trinajstić information content (AvgIpc) is 3.24. The molecule has 0 saturated carbocycles. The molecule has 2 aromatic rings. The number of alkyl halides is 7. The molecule has 2 aromatic carbocycles. The summed E-state index contributed by atoms with van der Waals surface area (Å²) in [5, 5.41) is 0. The number of likely N-dealkylation sites (tertiary alicyclic amines) is 1. The lowest BCUT2D eigenvalue weighted by molar-refractivity contribution is -0.348. The van der Waals surface area contributed by atoms with Gasteiger partial charge in [-0.15, -0.1) is 0 Å². The number of rotatable bonds is 4. The van der Waals surface area contributed by atoms with E-state index in [0.717, 1.165) is 17.0 Å². The molecule has 0 aliphatic carbocycles. The highest BCUT2D eigenvalue weighted by molar-refractivity contribution is 9.10. The Hall–Kier alpha value is -2.35. The van der Waals surface area contributed by atoms with Gasteiger partial charge < -0.3 is 9.64 Å². The van der Waals surface area contributed by atoms with Gasteiger partial charge in [0.1, 0.15) is 10.3 Å². The highest BCUT2D eigenvalue weighted by atomic mass is 79.9. The van der Waals surface area contributed by atoms with Crippen LogP contribution in [0.25, 0.3) is 0 Å². The third-order valence-corrected chi connectivity index (χ3v) is 9.13. The van der Waals surface area contributed by atoms with Crippen LogP contribution in [0.15, 0.2) is 57.9 Å². The van der Waals surface area contributed by atoms with Crippen LogP contribution in [0.1, 0.15) is 38.3 Å². The number of hydrogen-bond donors (Lipinski definition) is 0. The largest absolute Gasteiger partial charge is 0.444 e. The molecular weight excluding hydrogens is 611 g/mol. The summed E-state index contributed by atoms with van der Waals surface area (Å²) < 4.78 is 126. The topological polar surface area (TPSA) is 63.7 Å². The summed E-state index contributed by atoms with van der Waals surface area (Å²) >= 11 is 3.19. The van der Waals surface area contributed by atoms with Gasteiger partial charge in [-0.3, -0.25) is 0 Å². The lowest BCUT2D eigenvalue weighted by Gasteiger charge is -2.32. The molecule has 0 N–H and O–H groups in total. The fourth-order valence-corrected chi connectivity index (χ4v) is 6.55. The molecule has 0 spiro atoms. The second-order valence-electron chi connectivity index (χ2n) is 9.83. The summed E-state index contributed by atoms with van der Waals surface area (Å²) in [6.07, 6.45) is -13.7. The first kappa shape index (κ1) is 30.2. The van der Waals surface area contributed by atoms with Crippen molar-refractivity contribution < 1.29 is 48.7 Å². The molecule has 210 valence electrons. The minimum absolute atomic E-state index is 0.134. The maximum Gasteiger partial charge on any atom is 0.435 e. The number of amides is 1.